The predicted octanol–water partition coefficient (Wildman–Crippen LogP) is 1.81. The zero-order valence-corrected chi connectivity index (χ0v) is 9.21. The van der Waals surface area contributed by atoms with Gasteiger partial charge in [0.1, 0.15) is 0 Å². The molecule has 1 aromatic rings. The summed E-state index contributed by atoms with van der Waals surface area (Å²) in [6.45, 7) is 2.26. The molecule has 15 heavy (non-hydrogen) atoms. The van der Waals surface area contributed by atoms with E-state index in [0.717, 1.165) is 0 Å². The van der Waals surface area contributed by atoms with E-state index in [-0.39, 0.29) is 12.1 Å². The van der Waals surface area contributed by atoms with Crippen LogP contribution in [0.4, 0.5) is 10.5 Å². The van der Waals surface area contributed by atoms with E-state index in [1.54, 1.807) is 24.3 Å². The Morgan fingerprint density at radius 1 is 1.60 bits per heavy atom. The molecule has 0 aliphatic carbocycles. The van der Waals surface area contributed by atoms with E-state index in [1.165, 1.54) is 0 Å². The first-order valence-electron chi connectivity index (χ1n) is 4.64. The predicted molar refractivity (Wildman–Crippen MR) is 62.1 cm³/mol. The molecular formula is C10H14ClN3O. The Hall–Kier alpha value is -1.26. The summed E-state index contributed by atoms with van der Waals surface area (Å²) < 4.78 is 0. The molecule has 1 aromatic carbocycles. The minimum Gasteiger partial charge on any atom is -0.336 e. The number of halogens is 1. The van der Waals surface area contributed by atoms with Crippen LogP contribution in [0.2, 0.25) is 5.02 Å². The molecule has 82 valence electrons. The van der Waals surface area contributed by atoms with Crippen molar-refractivity contribution < 1.29 is 4.79 Å². The molecule has 0 aromatic heterocycles. The van der Waals surface area contributed by atoms with Gasteiger partial charge in [0.2, 0.25) is 0 Å². The summed E-state index contributed by atoms with van der Waals surface area (Å²) in [5, 5.41) is 5.86. The van der Waals surface area contributed by atoms with Crippen LogP contribution >= 0.6 is 11.6 Å². The molecule has 0 spiro atoms. The molecule has 0 fully saturated rings. The summed E-state index contributed by atoms with van der Waals surface area (Å²) in [6, 6.07) is 6.60. The third-order valence-corrected chi connectivity index (χ3v) is 1.90. The fraction of sp³-hybridized carbons (Fsp3) is 0.300. The molecule has 0 aliphatic heterocycles. The molecule has 2 amide bonds. The molecule has 1 unspecified atom stereocenters. The van der Waals surface area contributed by atoms with Crippen molar-refractivity contribution in [2.75, 3.05) is 11.9 Å². The first-order valence-corrected chi connectivity index (χ1v) is 5.01. The summed E-state index contributed by atoms with van der Waals surface area (Å²) >= 11 is 5.76. The molecule has 0 aliphatic rings. The van der Waals surface area contributed by atoms with Crippen molar-refractivity contribution >= 4 is 23.3 Å². The second-order valence-corrected chi connectivity index (χ2v) is 3.76. The minimum absolute atomic E-state index is 0.0601. The van der Waals surface area contributed by atoms with E-state index >= 15 is 0 Å². The van der Waals surface area contributed by atoms with Crippen molar-refractivity contribution in [1.29, 1.82) is 0 Å². The molecule has 0 heterocycles. The maximum atomic E-state index is 11.3. The number of carbonyl (C=O) groups is 1. The number of nitrogens with two attached hydrogens (primary N) is 1. The lowest BCUT2D eigenvalue weighted by Gasteiger charge is -2.09. The summed E-state index contributed by atoms with van der Waals surface area (Å²) in [4.78, 5) is 11.3. The standard InChI is InChI=1S/C10H14ClN3O/c1-7(12)6-13-10(15)14-9-4-2-3-8(11)5-9/h2-5,7H,6,12H2,1H3,(H2,13,14,15). The fourth-order valence-electron chi connectivity index (χ4n) is 0.995. The minimum atomic E-state index is -0.283. The molecule has 1 rings (SSSR count). The molecule has 0 saturated heterocycles. The highest BCUT2D eigenvalue weighted by Gasteiger charge is 2.02. The third-order valence-electron chi connectivity index (χ3n) is 1.67. The lowest BCUT2D eigenvalue weighted by Crippen LogP contribution is -2.37. The number of rotatable bonds is 3. The number of urea groups is 1. The highest BCUT2D eigenvalue weighted by molar-refractivity contribution is 6.30. The highest BCUT2D eigenvalue weighted by atomic mass is 35.5. The van der Waals surface area contributed by atoms with Crippen molar-refractivity contribution in [3.05, 3.63) is 29.3 Å². The van der Waals surface area contributed by atoms with Gasteiger partial charge >= 0.3 is 6.03 Å². The zero-order chi connectivity index (χ0) is 11.3. The van der Waals surface area contributed by atoms with Crippen LogP contribution in [0.15, 0.2) is 24.3 Å². The molecule has 5 heteroatoms. The lowest BCUT2D eigenvalue weighted by molar-refractivity contribution is 0.251. The van der Waals surface area contributed by atoms with Gasteiger partial charge in [-0.25, -0.2) is 4.79 Å². The van der Waals surface area contributed by atoms with Crippen LogP contribution in [-0.2, 0) is 0 Å². The molecule has 0 radical (unpaired) electrons. The van der Waals surface area contributed by atoms with E-state index in [2.05, 4.69) is 10.6 Å². The molecule has 4 nitrogen and oxygen atoms in total. The van der Waals surface area contributed by atoms with Crippen molar-refractivity contribution in [1.82, 2.24) is 5.32 Å². The van der Waals surface area contributed by atoms with Crippen molar-refractivity contribution in [2.24, 2.45) is 5.73 Å². The van der Waals surface area contributed by atoms with Gasteiger partial charge in [0.25, 0.3) is 0 Å². The monoisotopic (exact) mass is 227 g/mol. The van der Waals surface area contributed by atoms with Gasteiger partial charge in [-0.1, -0.05) is 17.7 Å². The molecule has 0 saturated carbocycles. The lowest BCUT2D eigenvalue weighted by atomic mass is 10.3. The van der Waals surface area contributed by atoms with Crippen LogP contribution in [0.3, 0.4) is 0 Å². The van der Waals surface area contributed by atoms with Crippen LogP contribution < -0.4 is 16.4 Å². The molecule has 0 bridgehead atoms. The van der Waals surface area contributed by atoms with Crippen LogP contribution in [0.25, 0.3) is 0 Å². The van der Waals surface area contributed by atoms with Crippen LogP contribution in [-0.4, -0.2) is 18.6 Å². The summed E-state index contributed by atoms with van der Waals surface area (Å²) in [7, 11) is 0. The smallest absolute Gasteiger partial charge is 0.319 e. The normalized spacial score (nSPS) is 11.9. The van der Waals surface area contributed by atoms with Gasteiger partial charge in [-0.15, -0.1) is 0 Å². The average molecular weight is 228 g/mol. The Labute approximate surface area is 93.8 Å². The Morgan fingerprint density at radius 3 is 2.93 bits per heavy atom. The van der Waals surface area contributed by atoms with Gasteiger partial charge in [-0.05, 0) is 25.1 Å². The number of amides is 2. The van der Waals surface area contributed by atoms with E-state index in [4.69, 9.17) is 17.3 Å². The van der Waals surface area contributed by atoms with Gasteiger partial charge in [0.05, 0.1) is 0 Å². The quantitative estimate of drug-likeness (QED) is 0.737. The average Bonchev–Trinajstić information content (AvgIpc) is 2.15. The van der Waals surface area contributed by atoms with E-state index < -0.39 is 0 Å². The molecular weight excluding hydrogens is 214 g/mol. The number of anilines is 1. The first kappa shape index (κ1) is 11.8. The van der Waals surface area contributed by atoms with Crippen molar-refractivity contribution in [2.45, 2.75) is 13.0 Å². The van der Waals surface area contributed by atoms with Crippen molar-refractivity contribution in [3.63, 3.8) is 0 Å². The van der Waals surface area contributed by atoms with Gasteiger partial charge in [-0.3, -0.25) is 0 Å². The summed E-state index contributed by atoms with van der Waals surface area (Å²) in [5.74, 6) is 0. The maximum Gasteiger partial charge on any atom is 0.319 e. The van der Waals surface area contributed by atoms with Crippen LogP contribution in [0.5, 0.6) is 0 Å². The maximum absolute atomic E-state index is 11.3. The van der Waals surface area contributed by atoms with E-state index in [1.807, 2.05) is 6.92 Å². The van der Waals surface area contributed by atoms with Crippen molar-refractivity contribution in [3.8, 4) is 0 Å². The highest BCUT2D eigenvalue weighted by Crippen LogP contribution is 2.14. The SMILES string of the molecule is CC(N)CNC(=O)Nc1cccc(Cl)c1. The molecule has 1 atom stereocenters. The number of nitrogens with one attached hydrogen (secondary N) is 2. The largest absolute Gasteiger partial charge is 0.336 e. The summed E-state index contributed by atoms with van der Waals surface area (Å²) in [5.41, 5.74) is 6.15. The zero-order valence-electron chi connectivity index (χ0n) is 8.46. The van der Waals surface area contributed by atoms with Gasteiger partial charge < -0.3 is 16.4 Å². The van der Waals surface area contributed by atoms with Crippen LogP contribution in [0, 0.1) is 0 Å². The number of benzene rings is 1. The van der Waals surface area contributed by atoms with E-state index in [9.17, 15) is 4.79 Å². The fourth-order valence-corrected chi connectivity index (χ4v) is 1.19. The van der Waals surface area contributed by atoms with Gasteiger partial charge in [0.15, 0.2) is 0 Å². The topological polar surface area (TPSA) is 67.1 Å². The Balaban J connectivity index is 2.44. The first-order chi connectivity index (χ1) is 7.08. The number of carbonyl (C=O) groups excluding carboxylic acids is 1. The Morgan fingerprint density at radius 2 is 2.33 bits per heavy atom. The van der Waals surface area contributed by atoms with E-state index in [0.29, 0.717) is 17.3 Å². The molecule has 4 N–H and O–H groups in total. The second-order valence-electron chi connectivity index (χ2n) is 3.32. The second kappa shape index (κ2) is 5.58. The van der Waals surface area contributed by atoms with Crippen LogP contribution in [0.1, 0.15) is 6.92 Å². The van der Waals surface area contributed by atoms with Gasteiger partial charge in [-0.2, -0.15) is 0 Å². The van der Waals surface area contributed by atoms with Gasteiger partial charge in [0, 0.05) is 23.3 Å². The third kappa shape index (κ3) is 4.67. The summed E-state index contributed by atoms with van der Waals surface area (Å²) in [6.07, 6.45) is 0. The number of hydrogen-bond acceptors (Lipinski definition) is 2. The Bertz CT molecular complexity index is 341. The Kier molecular flexibility index (Phi) is 4.39. The number of hydrogen-bond donors (Lipinski definition) is 3.